The molecule has 0 radical (unpaired) electrons. The number of imidazole rings is 1. The van der Waals surface area contributed by atoms with Gasteiger partial charge in [0.15, 0.2) is 0 Å². The number of nitrogens with zero attached hydrogens (tertiary/aromatic N) is 4. The number of halogens is 2. The van der Waals surface area contributed by atoms with Crippen molar-refractivity contribution in [2.45, 2.75) is 6.54 Å². The lowest BCUT2D eigenvalue weighted by atomic mass is 10.2. The average Bonchev–Trinajstić information content (AvgIpc) is 3.52. The van der Waals surface area contributed by atoms with Gasteiger partial charge in [-0.05, 0) is 66.2 Å². The molecule has 2 aromatic heterocycles. The molecule has 0 saturated carbocycles. The van der Waals surface area contributed by atoms with Crippen LogP contribution in [-0.4, -0.2) is 25.7 Å². The summed E-state index contributed by atoms with van der Waals surface area (Å²) in [4.78, 5) is 20.9. The van der Waals surface area contributed by atoms with Crippen molar-refractivity contribution in [2.24, 2.45) is 0 Å². The molecule has 0 spiro atoms. The van der Waals surface area contributed by atoms with Crippen LogP contribution in [0.5, 0.6) is 0 Å². The molecule has 2 N–H and O–H groups in total. The average molecular weight is 489 g/mol. The van der Waals surface area contributed by atoms with Crippen LogP contribution in [0.1, 0.15) is 5.56 Å². The van der Waals surface area contributed by atoms with Crippen molar-refractivity contribution in [3.8, 4) is 23.0 Å². The molecule has 0 saturated heterocycles. The predicted octanol–water partition coefficient (Wildman–Crippen LogP) is 6.08. The summed E-state index contributed by atoms with van der Waals surface area (Å²) in [5.74, 6) is 0.412. The lowest BCUT2D eigenvalue weighted by Crippen LogP contribution is -2.19. The minimum absolute atomic E-state index is 0.320. The van der Waals surface area contributed by atoms with E-state index in [4.69, 9.17) is 16.1 Å². The molecule has 5 rings (SSSR count). The van der Waals surface area contributed by atoms with Gasteiger partial charge in [0.05, 0.1) is 6.33 Å². The number of rotatable bonds is 6. The number of benzene rings is 3. The third-order valence-corrected chi connectivity index (χ3v) is 5.31. The third kappa shape index (κ3) is 5.53. The van der Waals surface area contributed by atoms with Crippen LogP contribution >= 0.6 is 11.6 Å². The van der Waals surface area contributed by atoms with Crippen LogP contribution in [0, 0.1) is 5.82 Å². The summed E-state index contributed by atoms with van der Waals surface area (Å²) in [5, 5.41) is 10.0. The molecular formula is C25H18ClFN6O2. The maximum Gasteiger partial charge on any atom is 0.323 e. The Labute approximate surface area is 204 Å². The summed E-state index contributed by atoms with van der Waals surface area (Å²) in [5.41, 5.74) is 3.49. The van der Waals surface area contributed by atoms with E-state index in [1.807, 2.05) is 35.0 Å². The Kier molecular flexibility index (Phi) is 6.23. The molecule has 174 valence electrons. The Morgan fingerprint density at radius 3 is 2.29 bits per heavy atom. The van der Waals surface area contributed by atoms with E-state index in [0.29, 0.717) is 40.4 Å². The van der Waals surface area contributed by atoms with Crippen LogP contribution in [-0.2, 0) is 6.54 Å². The first kappa shape index (κ1) is 22.3. The molecular weight excluding hydrogens is 471 g/mol. The Hall–Kier alpha value is -4.50. The Bertz CT molecular complexity index is 1450. The number of amides is 2. The topological polar surface area (TPSA) is 97.9 Å². The summed E-state index contributed by atoms with van der Waals surface area (Å²) in [6, 6.07) is 19.7. The van der Waals surface area contributed by atoms with Gasteiger partial charge in [-0.25, -0.2) is 14.2 Å². The predicted molar refractivity (Wildman–Crippen MR) is 131 cm³/mol. The van der Waals surface area contributed by atoms with Gasteiger partial charge in [-0.3, -0.25) is 0 Å². The number of carbonyl (C=O) groups is 1. The van der Waals surface area contributed by atoms with Gasteiger partial charge >= 0.3 is 6.03 Å². The normalized spacial score (nSPS) is 10.8. The number of nitrogens with one attached hydrogen (secondary N) is 2. The molecule has 3 aromatic carbocycles. The van der Waals surface area contributed by atoms with Crippen LogP contribution in [0.15, 0.2) is 89.8 Å². The second-order valence-electron chi connectivity index (χ2n) is 7.64. The third-order valence-electron chi connectivity index (χ3n) is 5.06. The zero-order valence-electron chi connectivity index (χ0n) is 18.2. The lowest BCUT2D eigenvalue weighted by molar-refractivity contribution is 0.262. The molecule has 0 aliphatic heterocycles. The molecule has 0 aliphatic rings. The van der Waals surface area contributed by atoms with Crippen molar-refractivity contribution in [3.63, 3.8) is 0 Å². The SMILES string of the molecule is O=C(Nc1ccc(F)cc1)Nc1ccc(Cn2cnc(-c3nc(-c4ccc(Cl)cc4)no3)c2)cc1. The maximum absolute atomic E-state index is 13.0. The minimum atomic E-state index is -0.416. The highest BCUT2D eigenvalue weighted by atomic mass is 35.5. The Morgan fingerprint density at radius 2 is 1.60 bits per heavy atom. The van der Waals surface area contributed by atoms with E-state index in [-0.39, 0.29) is 5.82 Å². The van der Waals surface area contributed by atoms with E-state index in [0.717, 1.165) is 11.1 Å². The Morgan fingerprint density at radius 1 is 0.943 bits per heavy atom. The van der Waals surface area contributed by atoms with Crippen LogP contribution < -0.4 is 10.6 Å². The lowest BCUT2D eigenvalue weighted by Gasteiger charge is -2.09. The van der Waals surface area contributed by atoms with Crippen molar-refractivity contribution < 1.29 is 13.7 Å². The van der Waals surface area contributed by atoms with Gasteiger partial charge in [-0.15, -0.1) is 0 Å². The van der Waals surface area contributed by atoms with Gasteiger partial charge in [-0.2, -0.15) is 4.98 Å². The fraction of sp³-hybridized carbons (Fsp3) is 0.0400. The number of hydrogen-bond acceptors (Lipinski definition) is 5. The highest BCUT2D eigenvalue weighted by Crippen LogP contribution is 2.23. The highest BCUT2D eigenvalue weighted by molar-refractivity contribution is 6.30. The molecule has 0 fully saturated rings. The van der Waals surface area contributed by atoms with Gasteiger partial charge in [0.25, 0.3) is 5.89 Å². The maximum atomic E-state index is 13.0. The molecule has 0 bridgehead atoms. The van der Waals surface area contributed by atoms with Gasteiger partial charge < -0.3 is 19.7 Å². The number of aromatic nitrogens is 4. The number of carbonyl (C=O) groups excluding carboxylic acids is 1. The highest BCUT2D eigenvalue weighted by Gasteiger charge is 2.13. The molecule has 5 aromatic rings. The van der Waals surface area contributed by atoms with Crippen LogP contribution in [0.3, 0.4) is 0 Å². The zero-order valence-corrected chi connectivity index (χ0v) is 18.9. The fourth-order valence-electron chi connectivity index (χ4n) is 3.33. The summed E-state index contributed by atoms with van der Waals surface area (Å²) < 4.78 is 20.2. The van der Waals surface area contributed by atoms with Crippen molar-refractivity contribution in [1.29, 1.82) is 0 Å². The minimum Gasteiger partial charge on any atom is -0.332 e. The second-order valence-corrected chi connectivity index (χ2v) is 8.08. The van der Waals surface area contributed by atoms with Gasteiger partial charge in [-0.1, -0.05) is 28.9 Å². The van der Waals surface area contributed by atoms with E-state index in [9.17, 15) is 9.18 Å². The molecule has 35 heavy (non-hydrogen) atoms. The van der Waals surface area contributed by atoms with Gasteiger partial charge in [0.2, 0.25) is 5.82 Å². The van der Waals surface area contributed by atoms with Crippen LogP contribution in [0.2, 0.25) is 5.02 Å². The number of hydrogen-bond donors (Lipinski definition) is 2. The number of anilines is 2. The Balaban J connectivity index is 1.19. The summed E-state index contributed by atoms with van der Waals surface area (Å²) in [6.45, 7) is 0.563. The van der Waals surface area contributed by atoms with E-state index >= 15 is 0 Å². The quantitative estimate of drug-likeness (QED) is 0.301. The second kappa shape index (κ2) is 9.78. The summed E-state index contributed by atoms with van der Waals surface area (Å²) in [6.07, 6.45) is 3.51. The first-order chi connectivity index (χ1) is 17.0. The van der Waals surface area contributed by atoms with Gasteiger partial charge in [0.1, 0.15) is 11.5 Å². The largest absolute Gasteiger partial charge is 0.332 e. The molecule has 2 amide bonds. The van der Waals surface area contributed by atoms with Crippen LogP contribution in [0.4, 0.5) is 20.6 Å². The number of urea groups is 1. The molecule has 0 unspecified atom stereocenters. The van der Waals surface area contributed by atoms with E-state index in [1.165, 1.54) is 24.3 Å². The molecule has 0 atom stereocenters. The smallest absolute Gasteiger partial charge is 0.323 e. The van der Waals surface area contributed by atoms with Crippen molar-refractivity contribution in [3.05, 3.63) is 102 Å². The van der Waals surface area contributed by atoms with Gasteiger partial charge in [0, 0.05) is 34.7 Å². The van der Waals surface area contributed by atoms with Crippen molar-refractivity contribution >= 4 is 29.0 Å². The van der Waals surface area contributed by atoms with Crippen LogP contribution in [0.25, 0.3) is 23.0 Å². The molecule has 0 aliphatic carbocycles. The van der Waals surface area contributed by atoms with Crippen molar-refractivity contribution in [2.75, 3.05) is 10.6 Å². The van der Waals surface area contributed by atoms with Crippen molar-refractivity contribution in [1.82, 2.24) is 19.7 Å². The molecule has 10 heteroatoms. The fourth-order valence-corrected chi connectivity index (χ4v) is 3.46. The van der Waals surface area contributed by atoms with E-state index in [2.05, 4.69) is 25.8 Å². The molecule has 2 heterocycles. The zero-order chi connectivity index (χ0) is 24.2. The first-order valence-corrected chi connectivity index (χ1v) is 10.9. The standard InChI is InChI=1S/C25H18ClFN6O2/c26-18-5-3-17(4-6-18)23-31-24(35-32-23)22-14-33(15-28-22)13-16-1-9-20(10-2-16)29-25(34)30-21-11-7-19(27)8-12-21/h1-12,14-15H,13H2,(H2,29,30,34). The molecule has 8 nitrogen and oxygen atoms in total. The van der Waals surface area contributed by atoms with E-state index < -0.39 is 6.03 Å². The monoisotopic (exact) mass is 488 g/mol. The summed E-state index contributed by atoms with van der Waals surface area (Å²) >= 11 is 5.93. The van der Waals surface area contributed by atoms with E-state index in [1.54, 1.807) is 30.6 Å². The first-order valence-electron chi connectivity index (χ1n) is 10.6. The summed E-state index contributed by atoms with van der Waals surface area (Å²) in [7, 11) is 0.